The van der Waals surface area contributed by atoms with E-state index in [2.05, 4.69) is 15.4 Å². The van der Waals surface area contributed by atoms with Crippen molar-refractivity contribution in [2.75, 3.05) is 12.4 Å². The molecule has 0 fully saturated rings. The molecule has 0 bridgehead atoms. The summed E-state index contributed by atoms with van der Waals surface area (Å²) in [6, 6.07) is 19.0. The number of pyridine rings is 1. The van der Waals surface area contributed by atoms with Crippen molar-refractivity contribution in [3.8, 4) is 22.8 Å². The number of benzene rings is 2. The second-order valence-electron chi connectivity index (χ2n) is 7.26. The van der Waals surface area contributed by atoms with Crippen molar-refractivity contribution in [2.24, 2.45) is 7.05 Å². The Morgan fingerprint density at radius 2 is 1.81 bits per heavy atom. The maximum Gasteiger partial charge on any atom is 0.265 e. The molecule has 2 heterocycles. The number of aromatic nitrogens is 3. The molecular weight excluding hydrogens is 392 g/mol. The van der Waals surface area contributed by atoms with Crippen LogP contribution in [0.1, 0.15) is 12.6 Å². The maximum atomic E-state index is 12.6. The van der Waals surface area contributed by atoms with Gasteiger partial charge in [-0.05, 0) is 49.2 Å². The highest BCUT2D eigenvalue weighted by Gasteiger charge is 2.19. The normalized spacial score (nSPS) is 11.9. The van der Waals surface area contributed by atoms with Crippen LogP contribution in [0.3, 0.4) is 0 Å². The number of amides is 1. The predicted octanol–water partition coefficient (Wildman–Crippen LogP) is 4.36. The Hall–Kier alpha value is -3.87. The van der Waals surface area contributed by atoms with Gasteiger partial charge in [0, 0.05) is 18.8 Å². The molecule has 0 aliphatic rings. The highest BCUT2D eigenvalue weighted by Crippen LogP contribution is 2.33. The number of nitrogens with one attached hydrogen (secondary N) is 1. The van der Waals surface area contributed by atoms with Crippen molar-refractivity contribution >= 4 is 22.6 Å². The van der Waals surface area contributed by atoms with E-state index in [9.17, 15) is 4.79 Å². The number of anilines is 1. The number of hydrogen-bond donors (Lipinski definition) is 1. The number of hydrogen-bond acceptors (Lipinski definition) is 5. The molecule has 2 aromatic heterocycles. The SMILES string of the molecule is COc1ccc(NC(=O)[C@H](C)Oc2cc(-c3ccccc3)c3c(C)nn(C)c3n2)cc1. The average molecular weight is 416 g/mol. The molecule has 4 aromatic rings. The zero-order valence-corrected chi connectivity index (χ0v) is 17.9. The van der Waals surface area contributed by atoms with Crippen LogP contribution in [0.5, 0.6) is 11.6 Å². The van der Waals surface area contributed by atoms with E-state index in [1.165, 1.54) is 0 Å². The molecule has 0 spiro atoms. The van der Waals surface area contributed by atoms with Crippen molar-refractivity contribution < 1.29 is 14.3 Å². The summed E-state index contributed by atoms with van der Waals surface area (Å²) in [7, 11) is 3.45. The van der Waals surface area contributed by atoms with E-state index in [4.69, 9.17) is 9.47 Å². The summed E-state index contributed by atoms with van der Waals surface area (Å²) in [4.78, 5) is 17.3. The number of nitrogens with zero attached hydrogens (tertiary/aromatic N) is 3. The van der Waals surface area contributed by atoms with Crippen LogP contribution in [0.15, 0.2) is 60.7 Å². The minimum atomic E-state index is -0.745. The topological polar surface area (TPSA) is 78.3 Å². The van der Waals surface area contributed by atoms with Crippen LogP contribution >= 0.6 is 0 Å². The molecule has 1 atom stereocenters. The largest absolute Gasteiger partial charge is 0.497 e. The van der Waals surface area contributed by atoms with Gasteiger partial charge in [-0.2, -0.15) is 10.1 Å². The lowest BCUT2D eigenvalue weighted by Gasteiger charge is -2.15. The van der Waals surface area contributed by atoms with E-state index in [1.807, 2.05) is 50.4 Å². The third-order valence-corrected chi connectivity index (χ3v) is 5.05. The minimum absolute atomic E-state index is 0.269. The standard InChI is InChI=1S/C24H24N4O3/c1-15-22-20(17-8-6-5-7-9-17)14-21(26-23(22)28(3)27-15)31-16(2)24(29)25-18-10-12-19(30-4)13-11-18/h5-14,16H,1-4H3,(H,25,29)/t16-/m0/s1. The number of rotatable bonds is 6. The maximum absolute atomic E-state index is 12.6. The van der Waals surface area contributed by atoms with Gasteiger partial charge in [0.15, 0.2) is 11.8 Å². The van der Waals surface area contributed by atoms with Crippen LogP contribution in [0, 0.1) is 6.92 Å². The molecule has 158 valence electrons. The number of aryl methyl sites for hydroxylation is 2. The van der Waals surface area contributed by atoms with Crippen molar-refractivity contribution in [3.05, 3.63) is 66.4 Å². The summed E-state index contributed by atoms with van der Waals surface area (Å²) in [5.41, 5.74) is 4.26. The van der Waals surface area contributed by atoms with Gasteiger partial charge in [0.2, 0.25) is 5.88 Å². The smallest absolute Gasteiger partial charge is 0.265 e. The molecule has 7 heteroatoms. The van der Waals surface area contributed by atoms with Crippen LogP contribution in [0.4, 0.5) is 5.69 Å². The molecule has 7 nitrogen and oxygen atoms in total. The van der Waals surface area contributed by atoms with Gasteiger partial charge in [0.25, 0.3) is 5.91 Å². The first-order valence-corrected chi connectivity index (χ1v) is 9.97. The first kappa shape index (κ1) is 20.4. The number of fused-ring (bicyclic) bond motifs is 1. The summed E-state index contributed by atoms with van der Waals surface area (Å²) in [5.74, 6) is 0.820. The molecule has 1 N–H and O–H groups in total. The van der Waals surface area contributed by atoms with Gasteiger partial charge >= 0.3 is 0 Å². The first-order valence-electron chi connectivity index (χ1n) is 9.97. The Bertz CT molecular complexity index is 1220. The molecule has 0 saturated heterocycles. The highest BCUT2D eigenvalue weighted by atomic mass is 16.5. The Labute approximate surface area is 180 Å². The summed E-state index contributed by atoms with van der Waals surface area (Å²) in [6.45, 7) is 3.66. The van der Waals surface area contributed by atoms with Gasteiger partial charge in [-0.15, -0.1) is 0 Å². The fourth-order valence-corrected chi connectivity index (χ4v) is 3.48. The third-order valence-electron chi connectivity index (χ3n) is 5.05. The fourth-order valence-electron chi connectivity index (χ4n) is 3.48. The Morgan fingerprint density at radius 1 is 1.10 bits per heavy atom. The number of methoxy groups -OCH3 is 1. The van der Waals surface area contributed by atoms with Crippen LogP contribution in [-0.2, 0) is 11.8 Å². The number of ether oxygens (including phenoxy) is 2. The van der Waals surface area contributed by atoms with E-state index in [0.717, 1.165) is 28.0 Å². The van der Waals surface area contributed by atoms with Crippen molar-refractivity contribution in [2.45, 2.75) is 20.0 Å². The van der Waals surface area contributed by atoms with Crippen LogP contribution in [-0.4, -0.2) is 33.9 Å². The van der Waals surface area contributed by atoms with Gasteiger partial charge in [-0.1, -0.05) is 30.3 Å². The monoisotopic (exact) mass is 416 g/mol. The van der Waals surface area contributed by atoms with E-state index in [-0.39, 0.29) is 5.91 Å². The zero-order chi connectivity index (χ0) is 22.0. The molecule has 1 amide bonds. The molecule has 0 saturated carbocycles. The number of carbonyl (C=O) groups is 1. The summed E-state index contributed by atoms with van der Waals surface area (Å²) in [5, 5.41) is 8.33. The van der Waals surface area contributed by atoms with E-state index in [1.54, 1.807) is 43.0 Å². The lowest BCUT2D eigenvalue weighted by molar-refractivity contribution is -0.122. The lowest BCUT2D eigenvalue weighted by atomic mass is 10.0. The fraction of sp³-hybridized carbons (Fsp3) is 0.208. The van der Waals surface area contributed by atoms with Gasteiger partial charge in [-0.25, -0.2) is 0 Å². The lowest BCUT2D eigenvalue weighted by Crippen LogP contribution is -2.30. The summed E-state index contributed by atoms with van der Waals surface area (Å²) in [6.07, 6.45) is -0.745. The molecule has 0 aliphatic heterocycles. The summed E-state index contributed by atoms with van der Waals surface area (Å²) < 4.78 is 12.8. The van der Waals surface area contributed by atoms with Gasteiger partial charge < -0.3 is 14.8 Å². The van der Waals surface area contributed by atoms with Gasteiger partial charge in [0.05, 0.1) is 18.2 Å². The molecule has 4 rings (SSSR count). The van der Waals surface area contributed by atoms with E-state index >= 15 is 0 Å². The summed E-state index contributed by atoms with van der Waals surface area (Å²) >= 11 is 0. The molecular formula is C24H24N4O3. The van der Waals surface area contributed by atoms with Crippen LogP contribution in [0.25, 0.3) is 22.2 Å². The molecule has 2 aromatic carbocycles. The van der Waals surface area contributed by atoms with E-state index < -0.39 is 6.10 Å². The predicted molar refractivity (Wildman–Crippen MR) is 120 cm³/mol. The Kier molecular flexibility index (Phi) is 5.58. The van der Waals surface area contributed by atoms with Crippen molar-refractivity contribution in [3.63, 3.8) is 0 Å². The van der Waals surface area contributed by atoms with Gasteiger partial charge in [0.1, 0.15) is 5.75 Å². The Balaban J connectivity index is 1.61. The average Bonchev–Trinajstić information content (AvgIpc) is 3.07. The minimum Gasteiger partial charge on any atom is -0.497 e. The van der Waals surface area contributed by atoms with Gasteiger partial charge in [-0.3, -0.25) is 9.48 Å². The quantitative estimate of drug-likeness (QED) is 0.505. The van der Waals surface area contributed by atoms with Crippen molar-refractivity contribution in [1.29, 1.82) is 0 Å². The second kappa shape index (κ2) is 8.47. The van der Waals surface area contributed by atoms with Crippen LogP contribution < -0.4 is 14.8 Å². The molecule has 0 unspecified atom stereocenters. The third kappa shape index (κ3) is 4.21. The second-order valence-corrected chi connectivity index (χ2v) is 7.26. The molecule has 0 aliphatic carbocycles. The van der Waals surface area contributed by atoms with Crippen LogP contribution in [0.2, 0.25) is 0 Å². The van der Waals surface area contributed by atoms with Crippen molar-refractivity contribution in [1.82, 2.24) is 14.8 Å². The highest BCUT2D eigenvalue weighted by molar-refractivity contribution is 5.96. The van der Waals surface area contributed by atoms with E-state index in [0.29, 0.717) is 17.2 Å². The first-order chi connectivity index (χ1) is 15.0. The zero-order valence-electron chi connectivity index (χ0n) is 17.9. The molecule has 0 radical (unpaired) electrons. The number of carbonyl (C=O) groups excluding carboxylic acids is 1. The Morgan fingerprint density at radius 3 is 2.48 bits per heavy atom. The molecule has 31 heavy (non-hydrogen) atoms.